The third kappa shape index (κ3) is 3.33. The second-order valence-corrected chi connectivity index (χ2v) is 4.62. The highest BCUT2D eigenvalue weighted by Gasteiger charge is 2.20. The summed E-state index contributed by atoms with van der Waals surface area (Å²) < 4.78 is 25.9. The molecular formula is C8H5BrF2INO2. The van der Waals surface area contributed by atoms with Crippen LogP contribution < -0.4 is 0 Å². The molecule has 7 heteroatoms. The zero-order chi connectivity index (χ0) is 11.6. The van der Waals surface area contributed by atoms with Crippen LogP contribution in [-0.2, 0) is 11.2 Å². The average molecular weight is 392 g/mol. The highest BCUT2D eigenvalue weighted by Crippen LogP contribution is 2.31. The van der Waals surface area contributed by atoms with E-state index in [2.05, 4.69) is 20.9 Å². The molecule has 1 N–H and O–H groups in total. The predicted molar refractivity (Wildman–Crippen MR) is 61.0 cm³/mol. The molecule has 0 radical (unpaired) electrons. The molecule has 3 nitrogen and oxygen atoms in total. The molecule has 0 aromatic carbocycles. The van der Waals surface area contributed by atoms with Crippen LogP contribution in [-0.4, -0.2) is 16.1 Å². The van der Waals surface area contributed by atoms with Gasteiger partial charge in [0.2, 0.25) is 0 Å². The van der Waals surface area contributed by atoms with Crippen LogP contribution in [0.2, 0.25) is 0 Å². The number of nitrogens with zero attached hydrogens (tertiary/aromatic N) is 1. The molecule has 82 valence electrons. The molecular weight excluding hydrogens is 387 g/mol. The highest BCUT2D eigenvalue weighted by molar-refractivity contribution is 14.1. The van der Waals surface area contributed by atoms with Gasteiger partial charge >= 0.3 is 5.97 Å². The lowest BCUT2D eigenvalue weighted by molar-refractivity contribution is -0.136. The largest absolute Gasteiger partial charge is 0.481 e. The number of halogens is 4. The van der Waals surface area contributed by atoms with E-state index in [9.17, 15) is 13.6 Å². The topological polar surface area (TPSA) is 50.2 Å². The first-order valence-electron chi connectivity index (χ1n) is 3.76. The van der Waals surface area contributed by atoms with Crippen molar-refractivity contribution in [3.63, 3.8) is 0 Å². The van der Waals surface area contributed by atoms with Crippen LogP contribution in [0.1, 0.15) is 17.7 Å². The molecule has 0 bridgehead atoms. The summed E-state index contributed by atoms with van der Waals surface area (Å²) in [6, 6.07) is 1.42. The fraction of sp³-hybridized carbons (Fsp3) is 0.250. The number of carboxylic acid groups (broad SMARTS) is 1. The maximum atomic E-state index is 12.6. The Morgan fingerprint density at radius 2 is 2.27 bits per heavy atom. The number of rotatable bonds is 3. The number of aromatic nitrogens is 1. The van der Waals surface area contributed by atoms with E-state index in [4.69, 9.17) is 5.11 Å². The minimum atomic E-state index is -2.74. The minimum Gasteiger partial charge on any atom is -0.481 e. The fourth-order valence-corrected chi connectivity index (χ4v) is 2.70. The van der Waals surface area contributed by atoms with Crippen LogP contribution in [0.25, 0.3) is 0 Å². The lowest BCUT2D eigenvalue weighted by Gasteiger charge is -2.08. The average Bonchev–Trinajstić information content (AvgIpc) is 1.99. The number of carboxylic acids is 1. The van der Waals surface area contributed by atoms with Crippen molar-refractivity contribution < 1.29 is 18.7 Å². The van der Waals surface area contributed by atoms with Gasteiger partial charge in [-0.3, -0.25) is 4.79 Å². The normalized spacial score (nSPS) is 10.7. The van der Waals surface area contributed by atoms with E-state index in [0.29, 0.717) is 3.70 Å². The molecule has 0 saturated carbocycles. The van der Waals surface area contributed by atoms with Crippen LogP contribution in [0.5, 0.6) is 0 Å². The Balaban J connectivity index is 3.26. The van der Waals surface area contributed by atoms with Gasteiger partial charge in [-0.05, 0) is 28.7 Å². The molecule has 0 aliphatic heterocycles. The molecule has 1 aromatic rings. The highest BCUT2D eigenvalue weighted by atomic mass is 127. The van der Waals surface area contributed by atoms with Gasteiger partial charge in [-0.15, -0.1) is 0 Å². The predicted octanol–water partition coefficient (Wildman–Crippen LogP) is 3.01. The molecule has 1 aromatic heterocycles. The SMILES string of the molecule is O=C(O)Cc1nc(I)cc(Br)c1C(F)F. The maximum absolute atomic E-state index is 12.6. The van der Waals surface area contributed by atoms with Gasteiger partial charge in [0.25, 0.3) is 6.43 Å². The summed E-state index contributed by atoms with van der Waals surface area (Å²) in [6.45, 7) is 0. The minimum absolute atomic E-state index is 0.101. The van der Waals surface area contributed by atoms with E-state index >= 15 is 0 Å². The molecule has 1 rings (SSSR count). The number of carbonyl (C=O) groups is 1. The Labute approximate surface area is 106 Å². The molecule has 1 heterocycles. The van der Waals surface area contributed by atoms with Gasteiger partial charge in [-0.2, -0.15) is 0 Å². The first-order valence-corrected chi connectivity index (χ1v) is 5.63. The Hall–Kier alpha value is -0.310. The van der Waals surface area contributed by atoms with E-state index in [1.54, 1.807) is 0 Å². The molecule has 0 aliphatic carbocycles. The maximum Gasteiger partial charge on any atom is 0.309 e. The summed E-state index contributed by atoms with van der Waals surface area (Å²) in [5.74, 6) is -1.18. The van der Waals surface area contributed by atoms with Crippen molar-refractivity contribution in [2.75, 3.05) is 0 Å². The summed E-state index contributed by atoms with van der Waals surface area (Å²) in [5.41, 5.74) is -0.450. The van der Waals surface area contributed by atoms with Crippen LogP contribution >= 0.6 is 38.5 Å². The number of aliphatic carboxylic acids is 1. The molecule has 0 spiro atoms. The Morgan fingerprint density at radius 3 is 2.73 bits per heavy atom. The number of hydrogen-bond donors (Lipinski definition) is 1. The second-order valence-electron chi connectivity index (χ2n) is 2.66. The zero-order valence-electron chi connectivity index (χ0n) is 7.18. The number of hydrogen-bond acceptors (Lipinski definition) is 2. The molecule has 0 unspecified atom stereocenters. The van der Waals surface area contributed by atoms with Gasteiger partial charge < -0.3 is 5.11 Å². The van der Waals surface area contributed by atoms with Crippen LogP contribution in [0.4, 0.5) is 8.78 Å². The fourth-order valence-electron chi connectivity index (χ4n) is 1.05. The van der Waals surface area contributed by atoms with Crippen molar-refractivity contribution in [1.82, 2.24) is 4.98 Å². The van der Waals surface area contributed by atoms with Crippen LogP contribution in [0.15, 0.2) is 10.5 Å². The number of pyridine rings is 1. The molecule has 15 heavy (non-hydrogen) atoms. The van der Waals surface area contributed by atoms with Gasteiger partial charge in [-0.1, -0.05) is 15.9 Å². The van der Waals surface area contributed by atoms with E-state index in [0.717, 1.165) is 0 Å². The first kappa shape index (κ1) is 12.8. The summed E-state index contributed by atoms with van der Waals surface area (Å²) in [6.07, 6.45) is -3.24. The molecule has 0 fully saturated rings. The summed E-state index contributed by atoms with van der Waals surface area (Å²) in [4.78, 5) is 14.3. The quantitative estimate of drug-likeness (QED) is 0.636. The van der Waals surface area contributed by atoms with E-state index in [-0.39, 0.29) is 15.7 Å². The van der Waals surface area contributed by atoms with Crippen molar-refractivity contribution in [3.05, 3.63) is 25.5 Å². The molecule has 0 atom stereocenters. The van der Waals surface area contributed by atoms with Crippen molar-refractivity contribution in [2.24, 2.45) is 0 Å². The van der Waals surface area contributed by atoms with Gasteiger partial charge in [-0.25, -0.2) is 13.8 Å². The number of alkyl halides is 2. The Kier molecular flexibility index (Phi) is 4.38. The third-order valence-corrected chi connectivity index (χ3v) is 2.80. The smallest absolute Gasteiger partial charge is 0.309 e. The van der Waals surface area contributed by atoms with Gasteiger partial charge in [0.15, 0.2) is 0 Å². The first-order chi connectivity index (χ1) is 6.91. The second kappa shape index (κ2) is 5.15. The Morgan fingerprint density at radius 1 is 1.67 bits per heavy atom. The van der Waals surface area contributed by atoms with Crippen molar-refractivity contribution >= 4 is 44.5 Å². The molecule has 0 aliphatic rings. The lowest BCUT2D eigenvalue weighted by Crippen LogP contribution is -2.08. The molecule has 0 amide bonds. The van der Waals surface area contributed by atoms with Crippen molar-refractivity contribution in [2.45, 2.75) is 12.8 Å². The monoisotopic (exact) mass is 391 g/mol. The van der Waals surface area contributed by atoms with E-state index < -0.39 is 18.8 Å². The van der Waals surface area contributed by atoms with Gasteiger partial charge in [0, 0.05) is 4.47 Å². The van der Waals surface area contributed by atoms with Crippen LogP contribution in [0.3, 0.4) is 0 Å². The van der Waals surface area contributed by atoms with Gasteiger partial charge in [0.05, 0.1) is 17.7 Å². The summed E-state index contributed by atoms with van der Waals surface area (Å²) >= 11 is 4.81. The zero-order valence-corrected chi connectivity index (χ0v) is 10.9. The Bertz CT molecular complexity index is 400. The van der Waals surface area contributed by atoms with E-state index in [1.165, 1.54) is 6.07 Å². The molecule has 0 saturated heterocycles. The van der Waals surface area contributed by atoms with Crippen molar-refractivity contribution in [1.29, 1.82) is 0 Å². The summed E-state index contributed by atoms with van der Waals surface area (Å²) in [5, 5.41) is 8.55. The lowest BCUT2D eigenvalue weighted by atomic mass is 10.1. The van der Waals surface area contributed by atoms with Crippen molar-refractivity contribution in [3.8, 4) is 0 Å². The van der Waals surface area contributed by atoms with Crippen LogP contribution in [0, 0.1) is 3.70 Å². The van der Waals surface area contributed by atoms with Gasteiger partial charge in [0.1, 0.15) is 3.70 Å². The summed E-state index contributed by atoms with van der Waals surface area (Å²) in [7, 11) is 0. The third-order valence-electron chi connectivity index (χ3n) is 1.59. The standard InChI is InChI=1S/C8H5BrF2INO2/c9-3-1-5(12)13-4(2-6(14)15)7(3)8(10)11/h1,8H,2H2,(H,14,15). The van der Waals surface area contributed by atoms with E-state index in [1.807, 2.05) is 22.6 Å².